The van der Waals surface area contributed by atoms with Gasteiger partial charge in [0.1, 0.15) is 4.90 Å². The molecular weight excluding hydrogens is 285 g/mol. The second-order valence-corrected chi connectivity index (χ2v) is 5.58. The second-order valence-electron chi connectivity index (χ2n) is 3.14. The van der Waals surface area contributed by atoms with Gasteiger partial charge < -0.3 is 0 Å². The molecule has 0 radical (unpaired) electrons. The first-order chi connectivity index (χ1) is 8.00. The Morgan fingerprint density at radius 3 is 2.41 bits per heavy atom. The summed E-state index contributed by atoms with van der Waals surface area (Å²) in [5.41, 5.74) is 0.306. The predicted molar refractivity (Wildman–Crippen MR) is 65.9 cm³/mol. The molecular formula is C9H7Cl2N3O2S. The van der Waals surface area contributed by atoms with Crippen molar-refractivity contribution >= 4 is 38.9 Å². The predicted octanol–water partition coefficient (Wildman–Crippen LogP) is 2.52. The van der Waals surface area contributed by atoms with Crippen molar-refractivity contribution < 1.29 is 8.42 Å². The summed E-state index contributed by atoms with van der Waals surface area (Å²) in [7, 11) is -3.82. The van der Waals surface area contributed by atoms with Gasteiger partial charge >= 0.3 is 0 Å². The Kier molecular flexibility index (Phi) is 3.28. The van der Waals surface area contributed by atoms with Crippen LogP contribution in [0.4, 0.5) is 5.69 Å². The van der Waals surface area contributed by atoms with E-state index in [1.807, 2.05) is 0 Å². The number of hydrogen-bond acceptors (Lipinski definition) is 3. The van der Waals surface area contributed by atoms with Gasteiger partial charge in [-0.1, -0.05) is 29.3 Å². The van der Waals surface area contributed by atoms with Crippen molar-refractivity contribution in [2.75, 3.05) is 4.72 Å². The average molecular weight is 292 g/mol. The van der Waals surface area contributed by atoms with E-state index < -0.39 is 10.0 Å². The van der Waals surface area contributed by atoms with Crippen molar-refractivity contribution in [3.63, 3.8) is 0 Å². The first kappa shape index (κ1) is 12.2. The Morgan fingerprint density at radius 2 is 1.88 bits per heavy atom. The Hall–Kier alpha value is -1.24. The number of aromatic nitrogens is 2. The monoisotopic (exact) mass is 291 g/mol. The van der Waals surface area contributed by atoms with E-state index >= 15 is 0 Å². The zero-order valence-electron chi connectivity index (χ0n) is 8.31. The highest BCUT2D eigenvalue weighted by molar-refractivity contribution is 7.93. The van der Waals surface area contributed by atoms with Crippen molar-refractivity contribution in [2.24, 2.45) is 0 Å². The minimum absolute atomic E-state index is 0.0634. The van der Waals surface area contributed by atoms with Gasteiger partial charge in [0.05, 0.1) is 21.9 Å². The molecule has 0 saturated carbocycles. The van der Waals surface area contributed by atoms with Gasteiger partial charge in [0.15, 0.2) is 0 Å². The molecule has 17 heavy (non-hydrogen) atoms. The molecule has 0 aliphatic heterocycles. The topological polar surface area (TPSA) is 74.8 Å². The molecule has 5 nitrogen and oxygen atoms in total. The third-order valence-electron chi connectivity index (χ3n) is 1.94. The smallest absolute Gasteiger partial charge is 0.264 e. The van der Waals surface area contributed by atoms with E-state index in [0.29, 0.717) is 5.69 Å². The maximum Gasteiger partial charge on any atom is 0.264 e. The number of H-pyrrole nitrogens is 1. The molecule has 0 atom stereocenters. The minimum atomic E-state index is -3.82. The normalized spacial score (nSPS) is 11.4. The lowest BCUT2D eigenvalue weighted by atomic mass is 10.4. The van der Waals surface area contributed by atoms with E-state index in [1.165, 1.54) is 24.5 Å². The van der Waals surface area contributed by atoms with Gasteiger partial charge in [-0.3, -0.25) is 9.82 Å². The number of anilines is 1. The molecule has 0 unspecified atom stereocenters. The molecule has 0 aliphatic rings. The van der Waals surface area contributed by atoms with Crippen LogP contribution in [0.2, 0.25) is 10.0 Å². The van der Waals surface area contributed by atoms with E-state index in [4.69, 9.17) is 23.2 Å². The van der Waals surface area contributed by atoms with Crippen molar-refractivity contribution in [2.45, 2.75) is 4.90 Å². The largest absolute Gasteiger partial charge is 0.284 e. The molecule has 1 heterocycles. The van der Waals surface area contributed by atoms with Crippen LogP contribution in [0.5, 0.6) is 0 Å². The van der Waals surface area contributed by atoms with Crippen LogP contribution < -0.4 is 4.72 Å². The van der Waals surface area contributed by atoms with Crippen molar-refractivity contribution in [3.8, 4) is 0 Å². The number of rotatable bonds is 3. The van der Waals surface area contributed by atoms with E-state index in [0.717, 1.165) is 0 Å². The average Bonchev–Trinajstić information content (AvgIpc) is 2.68. The van der Waals surface area contributed by atoms with Crippen LogP contribution in [0.3, 0.4) is 0 Å². The Balaban J connectivity index is 2.45. The number of nitrogens with zero attached hydrogens (tertiary/aromatic N) is 1. The lowest BCUT2D eigenvalue weighted by Gasteiger charge is -2.08. The van der Waals surface area contributed by atoms with Crippen molar-refractivity contribution in [1.29, 1.82) is 0 Å². The second kappa shape index (κ2) is 4.56. The van der Waals surface area contributed by atoms with E-state index in [9.17, 15) is 8.42 Å². The van der Waals surface area contributed by atoms with Crippen LogP contribution in [0.1, 0.15) is 0 Å². The number of nitrogens with one attached hydrogen (secondary N) is 2. The van der Waals surface area contributed by atoms with E-state index in [1.54, 1.807) is 6.07 Å². The van der Waals surface area contributed by atoms with Gasteiger partial charge in [0.2, 0.25) is 0 Å². The Morgan fingerprint density at radius 1 is 1.24 bits per heavy atom. The summed E-state index contributed by atoms with van der Waals surface area (Å²) < 4.78 is 26.3. The van der Waals surface area contributed by atoms with Gasteiger partial charge in [-0.05, 0) is 12.1 Å². The molecule has 8 heteroatoms. The standard InChI is InChI=1S/C9H7Cl2N3O2S/c10-7-2-1-3-8(11)9(7)17(15,16)14-6-4-12-13-5-6/h1-5,14H,(H,12,13). The maximum absolute atomic E-state index is 12.0. The van der Waals surface area contributed by atoms with Gasteiger partial charge in [-0.15, -0.1) is 0 Å². The van der Waals surface area contributed by atoms with Crippen LogP contribution in [0.25, 0.3) is 0 Å². The minimum Gasteiger partial charge on any atom is -0.284 e. The summed E-state index contributed by atoms with van der Waals surface area (Å²) >= 11 is 11.7. The molecule has 2 rings (SSSR count). The Bertz CT molecular complexity index is 605. The third kappa shape index (κ3) is 2.54. The number of benzene rings is 1. The summed E-state index contributed by atoms with van der Waals surface area (Å²) in [4.78, 5) is -0.149. The lowest BCUT2D eigenvalue weighted by Crippen LogP contribution is -2.13. The molecule has 0 amide bonds. The van der Waals surface area contributed by atoms with Crippen LogP contribution in [-0.2, 0) is 10.0 Å². The highest BCUT2D eigenvalue weighted by Crippen LogP contribution is 2.30. The van der Waals surface area contributed by atoms with Crippen LogP contribution >= 0.6 is 23.2 Å². The summed E-state index contributed by atoms with van der Waals surface area (Å²) in [6, 6.07) is 4.48. The molecule has 1 aromatic carbocycles. The molecule has 2 N–H and O–H groups in total. The van der Waals surface area contributed by atoms with Crippen LogP contribution in [0, 0.1) is 0 Å². The summed E-state index contributed by atoms with van der Waals surface area (Å²) in [6.45, 7) is 0. The first-order valence-electron chi connectivity index (χ1n) is 4.46. The highest BCUT2D eigenvalue weighted by atomic mass is 35.5. The Labute approximate surface area is 108 Å². The zero-order valence-corrected chi connectivity index (χ0v) is 10.6. The lowest BCUT2D eigenvalue weighted by molar-refractivity contribution is 0.601. The van der Waals surface area contributed by atoms with Gasteiger partial charge in [-0.25, -0.2) is 8.42 Å². The fourth-order valence-corrected chi connectivity index (χ4v) is 3.43. The SMILES string of the molecule is O=S(=O)(Nc1cn[nH]c1)c1c(Cl)cccc1Cl. The van der Waals surface area contributed by atoms with Crippen LogP contribution in [0.15, 0.2) is 35.5 Å². The molecule has 0 saturated heterocycles. The van der Waals surface area contributed by atoms with Gasteiger partial charge in [0.25, 0.3) is 10.0 Å². The number of hydrogen-bond donors (Lipinski definition) is 2. The fourth-order valence-electron chi connectivity index (χ4n) is 1.25. The molecule has 1 aromatic heterocycles. The molecule has 90 valence electrons. The number of sulfonamides is 1. The number of aromatic amines is 1. The van der Waals surface area contributed by atoms with Gasteiger partial charge in [0, 0.05) is 6.20 Å². The maximum atomic E-state index is 12.0. The van der Waals surface area contributed by atoms with Crippen molar-refractivity contribution in [3.05, 3.63) is 40.6 Å². The third-order valence-corrected chi connectivity index (χ3v) is 4.27. The van der Waals surface area contributed by atoms with Gasteiger partial charge in [-0.2, -0.15) is 5.10 Å². The van der Waals surface area contributed by atoms with Crippen LogP contribution in [-0.4, -0.2) is 18.6 Å². The molecule has 0 fully saturated rings. The fraction of sp³-hybridized carbons (Fsp3) is 0. The highest BCUT2D eigenvalue weighted by Gasteiger charge is 2.21. The van der Waals surface area contributed by atoms with Crippen molar-refractivity contribution in [1.82, 2.24) is 10.2 Å². The van der Waals surface area contributed by atoms with E-state index in [2.05, 4.69) is 14.9 Å². The first-order valence-corrected chi connectivity index (χ1v) is 6.70. The zero-order chi connectivity index (χ0) is 12.5. The molecule has 2 aromatic rings. The summed E-state index contributed by atoms with van der Waals surface area (Å²) in [5, 5.41) is 6.24. The molecule has 0 spiro atoms. The summed E-state index contributed by atoms with van der Waals surface area (Å²) in [6.07, 6.45) is 2.74. The quantitative estimate of drug-likeness (QED) is 0.912. The number of halogens is 2. The van der Waals surface area contributed by atoms with E-state index in [-0.39, 0.29) is 14.9 Å². The summed E-state index contributed by atoms with van der Waals surface area (Å²) in [5.74, 6) is 0. The molecule has 0 aliphatic carbocycles. The molecule has 0 bridgehead atoms.